The van der Waals surface area contributed by atoms with Gasteiger partial charge in [0.05, 0.1) is 26.0 Å². The van der Waals surface area contributed by atoms with Gasteiger partial charge in [-0.05, 0) is 81.1 Å². The van der Waals surface area contributed by atoms with Crippen molar-refractivity contribution in [1.82, 2.24) is 9.80 Å². The van der Waals surface area contributed by atoms with Gasteiger partial charge in [-0.2, -0.15) is 0 Å². The van der Waals surface area contributed by atoms with Gasteiger partial charge in [0.15, 0.2) is 0 Å². The summed E-state index contributed by atoms with van der Waals surface area (Å²) >= 11 is 0. The summed E-state index contributed by atoms with van der Waals surface area (Å²) < 4.78 is 30.9. The second-order valence-electron chi connectivity index (χ2n) is 9.46. The number of methoxy groups -OCH3 is 2. The minimum atomic E-state index is -0.231. The molecule has 1 atom stereocenters. The highest BCUT2D eigenvalue weighted by Gasteiger charge is 2.33. The Kier molecular flexibility index (Phi) is 8.31. The number of hydrogen-bond acceptors (Lipinski definition) is 5. The third kappa shape index (κ3) is 5.73. The van der Waals surface area contributed by atoms with Crippen molar-refractivity contribution in [3.8, 4) is 11.5 Å². The summed E-state index contributed by atoms with van der Waals surface area (Å²) in [5, 5.41) is 0. The van der Waals surface area contributed by atoms with Crippen molar-refractivity contribution in [2.45, 2.75) is 38.8 Å². The number of rotatable bonds is 9. The molecule has 1 aromatic heterocycles. The Labute approximate surface area is 212 Å². The van der Waals surface area contributed by atoms with Crippen molar-refractivity contribution in [2.24, 2.45) is 5.92 Å². The standard InChI is InChI=1S/C29H35FN2O4/c1-20-25(13-16-36-20)29(33)31(2)27(18-22-7-5-6-8-26(22)30)21-11-14-32(15-12-21)19-23-17-24(34-3)9-10-28(23)35-4/h5-10,13,16-17,21,27H,11-12,14-15,18-19H2,1-4H3/t27-/m0/s1. The van der Waals surface area contributed by atoms with Crippen LogP contribution in [0.3, 0.4) is 0 Å². The summed E-state index contributed by atoms with van der Waals surface area (Å²) in [6.07, 6.45) is 3.83. The maximum atomic E-state index is 14.6. The normalized spacial score (nSPS) is 15.5. The molecule has 0 aliphatic carbocycles. The average Bonchev–Trinajstić information content (AvgIpc) is 3.33. The zero-order valence-electron chi connectivity index (χ0n) is 21.5. The van der Waals surface area contributed by atoms with Gasteiger partial charge in [0.1, 0.15) is 23.1 Å². The number of halogens is 1. The molecule has 1 fully saturated rings. The van der Waals surface area contributed by atoms with E-state index >= 15 is 0 Å². The molecule has 0 spiro atoms. The molecule has 0 unspecified atom stereocenters. The fraction of sp³-hybridized carbons (Fsp3) is 0.414. The number of likely N-dealkylation sites (N-methyl/N-ethyl adjacent to an activating group) is 1. The minimum absolute atomic E-state index is 0.0915. The molecule has 1 aliphatic heterocycles. The largest absolute Gasteiger partial charge is 0.497 e. The lowest BCUT2D eigenvalue weighted by Gasteiger charge is -2.40. The summed E-state index contributed by atoms with van der Waals surface area (Å²) in [6, 6.07) is 14.3. The first-order chi connectivity index (χ1) is 17.4. The van der Waals surface area contributed by atoms with Crippen molar-refractivity contribution in [3.63, 3.8) is 0 Å². The van der Waals surface area contributed by atoms with Crippen LogP contribution in [0, 0.1) is 18.7 Å². The third-order valence-corrected chi connectivity index (χ3v) is 7.35. The van der Waals surface area contributed by atoms with Crippen LogP contribution in [0.2, 0.25) is 0 Å². The quantitative estimate of drug-likeness (QED) is 0.402. The van der Waals surface area contributed by atoms with E-state index in [0.717, 1.165) is 49.5 Å². The van der Waals surface area contributed by atoms with Crippen LogP contribution in [0.5, 0.6) is 11.5 Å². The van der Waals surface area contributed by atoms with Gasteiger partial charge in [0.2, 0.25) is 0 Å². The van der Waals surface area contributed by atoms with Gasteiger partial charge in [0.25, 0.3) is 5.91 Å². The molecular weight excluding hydrogens is 459 g/mol. The van der Waals surface area contributed by atoms with Gasteiger partial charge in [-0.3, -0.25) is 9.69 Å². The van der Waals surface area contributed by atoms with Crippen LogP contribution in [0.15, 0.2) is 59.2 Å². The van der Waals surface area contributed by atoms with Crippen LogP contribution >= 0.6 is 0 Å². The van der Waals surface area contributed by atoms with E-state index in [1.807, 2.05) is 37.4 Å². The molecule has 2 aromatic carbocycles. The van der Waals surface area contributed by atoms with Gasteiger partial charge in [-0.25, -0.2) is 4.39 Å². The van der Waals surface area contributed by atoms with Gasteiger partial charge in [0, 0.05) is 25.2 Å². The second kappa shape index (κ2) is 11.6. The summed E-state index contributed by atoms with van der Waals surface area (Å²) in [6.45, 7) is 4.31. The Balaban J connectivity index is 1.50. The Morgan fingerprint density at radius 1 is 1.11 bits per heavy atom. The van der Waals surface area contributed by atoms with E-state index < -0.39 is 0 Å². The first kappa shape index (κ1) is 25.8. The van der Waals surface area contributed by atoms with E-state index in [0.29, 0.717) is 23.3 Å². The SMILES string of the molecule is COc1ccc(OC)c(CN2CCC([C@H](Cc3ccccc3F)N(C)C(=O)c3ccoc3C)CC2)c1. The molecule has 4 rings (SSSR count). The summed E-state index contributed by atoms with van der Waals surface area (Å²) in [4.78, 5) is 17.5. The van der Waals surface area contributed by atoms with Crippen LogP contribution < -0.4 is 9.47 Å². The average molecular weight is 495 g/mol. The molecule has 3 aromatic rings. The van der Waals surface area contributed by atoms with Gasteiger partial charge >= 0.3 is 0 Å². The predicted molar refractivity (Wildman–Crippen MR) is 137 cm³/mol. The first-order valence-corrected chi connectivity index (χ1v) is 12.4. The first-order valence-electron chi connectivity index (χ1n) is 12.4. The molecule has 192 valence electrons. The number of ether oxygens (including phenoxy) is 2. The summed E-state index contributed by atoms with van der Waals surface area (Å²) in [7, 11) is 5.17. The molecule has 6 nitrogen and oxygen atoms in total. The van der Waals surface area contributed by atoms with Crippen LogP contribution in [0.1, 0.15) is 40.1 Å². The number of benzene rings is 2. The van der Waals surface area contributed by atoms with Crippen LogP contribution in [0.4, 0.5) is 4.39 Å². The molecule has 0 bridgehead atoms. The van der Waals surface area contributed by atoms with E-state index in [9.17, 15) is 9.18 Å². The van der Waals surface area contributed by atoms with Crippen molar-refractivity contribution >= 4 is 5.91 Å². The predicted octanol–water partition coefficient (Wildman–Crippen LogP) is 5.34. The molecule has 0 saturated carbocycles. The Hall–Kier alpha value is -3.32. The third-order valence-electron chi connectivity index (χ3n) is 7.35. The zero-order chi connectivity index (χ0) is 25.7. The van der Waals surface area contributed by atoms with E-state index in [4.69, 9.17) is 13.9 Å². The van der Waals surface area contributed by atoms with Crippen molar-refractivity contribution < 1.29 is 23.1 Å². The van der Waals surface area contributed by atoms with Crippen LogP contribution in [-0.4, -0.2) is 56.1 Å². The molecule has 1 amide bonds. The van der Waals surface area contributed by atoms with Crippen LogP contribution in [0.25, 0.3) is 0 Å². The molecule has 36 heavy (non-hydrogen) atoms. The number of likely N-dealkylation sites (tertiary alicyclic amines) is 1. The van der Waals surface area contributed by atoms with Gasteiger partial charge in [-0.1, -0.05) is 18.2 Å². The lowest BCUT2D eigenvalue weighted by Crippen LogP contribution is -2.47. The number of carbonyl (C=O) groups is 1. The maximum Gasteiger partial charge on any atom is 0.257 e. The van der Waals surface area contributed by atoms with Gasteiger partial charge in [-0.15, -0.1) is 0 Å². The Bertz CT molecular complexity index is 1170. The Morgan fingerprint density at radius 3 is 2.50 bits per heavy atom. The van der Waals surface area contributed by atoms with Crippen molar-refractivity contribution in [1.29, 1.82) is 0 Å². The molecule has 0 radical (unpaired) electrons. The second-order valence-corrected chi connectivity index (χ2v) is 9.46. The number of hydrogen-bond donors (Lipinski definition) is 0. The highest BCUT2D eigenvalue weighted by Crippen LogP contribution is 2.31. The molecule has 1 saturated heterocycles. The van der Waals surface area contributed by atoms with E-state index in [1.54, 1.807) is 38.2 Å². The van der Waals surface area contributed by atoms with Crippen LogP contribution in [-0.2, 0) is 13.0 Å². The smallest absolute Gasteiger partial charge is 0.257 e. The summed E-state index contributed by atoms with van der Waals surface area (Å²) in [5.74, 6) is 2.17. The lowest BCUT2D eigenvalue weighted by atomic mass is 9.84. The Morgan fingerprint density at radius 2 is 1.86 bits per heavy atom. The highest BCUT2D eigenvalue weighted by molar-refractivity contribution is 5.95. The summed E-state index contributed by atoms with van der Waals surface area (Å²) in [5.41, 5.74) is 2.27. The number of nitrogens with zero attached hydrogens (tertiary/aromatic N) is 2. The highest BCUT2D eigenvalue weighted by atomic mass is 19.1. The zero-order valence-corrected chi connectivity index (χ0v) is 21.5. The lowest BCUT2D eigenvalue weighted by molar-refractivity contribution is 0.0581. The fourth-order valence-corrected chi connectivity index (χ4v) is 5.20. The molecule has 7 heteroatoms. The minimum Gasteiger partial charge on any atom is -0.497 e. The van der Waals surface area contributed by atoms with E-state index in [1.165, 1.54) is 12.3 Å². The monoisotopic (exact) mass is 494 g/mol. The number of piperidine rings is 1. The van der Waals surface area contributed by atoms with Crippen molar-refractivity contribution in [2.75, 3.05) is 34.4 Å². The topological polar surface area (TPSA) is 55.2 Å². The number of amides is 1. The fourth-order valence-electron chi connectivity index (χ4n) is 5.20. The molecule has 1 aliphatic rings. The van der Waals surface area contributed by atoms with E-state index in [-0.39, 0.29) is 23.7 Å². The number of aryl methyl sites for hydroxylation is 1. The number of furan rings is 1. The van der Waals surface area contributed by atoms with Crippen molar-refractivity contribution in [3.05, 3.63) is 83.1 Å². The molecule has 0 N–H and O–H groups in total. The molecule has 2 heterocycles. The number of carbonyl (C=O) groups excluding carboxylic acids is 1. The van der Waals surface area contributed by atoms with Gasteiger partial charge < -0.3 is 18.8 Å². The molecular formula is C29H35FN2O4. The maximum absolute atomic E-state index is 14.6. The van der Waals surface area contributed by atoms with E-state index in [2.05, 4.69) is 4.90 Å².